The Morgan fingerprint density at radius 1 is 1.44 bits per heavy atom. The van der Waals surface area contributed by atoms with Crippen LogP contribution in [0, 0.1) is 11.3 Å². The number of benzene rings is 1. The van der Waals surface area contributed by atoms with Crippen molar-refractivity contribution in [1.29, 1.82) is 5.26 Å². The van der Waals surface area contributed by atoms with E-state index in [0.717, 1.165) is 16.8 Å². The summed E-state index contributed by atoms with van der Waals surface area (Å²) in [6, 6.07) is 11.5. The number of ether oxygens (including phenoxy) is 2. The number of carbonyl (C=O) groups excluding carboxylic acids is 1. The number of esters is 1. The second kappa shape index (κ2) is 7.38. The number of nitrogens with two attached hydrogens (primary N) is 1. The van der Waals surface area contributed by atoms with Gasteiger partial charge in [0.05, 0.1) is 23.8 Å². The van der Waals surface area contributed by atoms with E-state index in [0.29, 0.717) is 5.76 Å². The van der Waals surface area contributed by atoms with Crippen molar-refractivity contribution in [3.05, 3.63) is 64.9 Å². The molecule has 1 unspecified atom stereocenters. The maximum absolute atomic E-state index is 12.6. The highest BCUT2D eigenvalue weighted by molar-refractivity contribution is 5.92. The minimum absolute atomic E-state index is 0.00344. The van der Waals surface area contributed by atoms with Crippen molar-refractivity contribution >= 4 is 5.97 Å². The second-order valence-corrected chi connectivity index (χ2v) is 6.12. The molecule has 1 aliphatic heterocycles. The fourth-order valence-corrected chi connectivity index (χ4v) is 3.13. The average Bonchev–Trinajstić information content (AvgIpc) is 3.08. The third-order valence-electron chi connectivity index (χ3n) is 4.33. The van der Waals surface area contributed by atoms with E-state index < -0.39 is 11.9 Å². The third-order valence-corrected chi connectivity index (χ3v) is 4.33. The molecule has 138 valence electrons. The number of aromatic nitrogens is 2. The molecule has 0 saturated heterocycles. The lowest BCUT2D eigenvalue weighted by atomic mass is 9.82. The van der Waals surface area contributed by atoms with Gasteiger partial charge in [-0.15, -0.1) is 0 Å². The van der Waals surface area contributed by atoms with Crippen LogP contribution in [0.25, 0.3) is 11.3 Å². The lowest BCUT2D eigenvalue weighted by Crippen LogP contribution is -2.25. The van der Waals surface area contributed by atoms with Crippen molar-refractivity contribution in [2.75, 3.05) is 6.61 Å². The van der Waals surface area contributed by atoms with Gasteiger partial charge >= 0.3 is 5.97 Å². The minimum Gasteiger partial charge on any atom is -0.463 e. The van der Waals surface area contributed by atoms with Crippen molar-refractivity contribution in [2.45, 2.75) is 19.8 Å². The van der Waals surface area contributed by atoms with Crippen LogP contribution < -0.4 is 5.73 Å². The molecule has 7 heteroatoms. The predicted molar refractivity (Wildman–Crippen MR) is 98.6 cm³/mol. The fraction of sp³-hybridized carbons (Fsp3) is 0.250. The van der Waals surface area contributed by atoms with Crippen LogP contribution >= 0.6 is 0 Å². The maximum atomic E-state index is 12.6. The van der Waals surface area contributed by atoms with Crippen LogP contribution in [0.2, 0.25) is 0 Å². The lowest BCUT2D eigenvalue weighted by Gasteiger charge is -2.27. The molecule has 1 aromatic heterocycles. The first kappa shape index (κ1) is 18.3. The molecule has 3 rings (SSSR count). The summed E-state index contributed by atoms with van der Waals surface area (Å²) < 4.78 is 12.3. The second-order valence-electron chi connectivity index (χ2n) is 6.12. The Kier molecular flexibility index (Phi) is 4.99. The van der Waals surface area contributed by atoms with E-state index in [4.69, 9.17) is 15.2 Å². The van der Waals surface area contributed by atoms with Gasteiger partial charge in [0.1, 0.15) is 17.4 Å². The molecule has 0 spiro atoms. The maximum Gasteiger partial charge on any atom is 0.338 e. The van der Waals surface area contributed by atoms with Crippen LogP contribution in [0.15, 0.2) is 59.3 Å². The summed E-state index contributed by atoms with van der Waals surface area (Å²) in [6.45, 7) is 3.59. The molecular weight excluding hydrogens is 344 g/mol. The van der Waals surface area contributed by atoms with Gasteiger partial charge in [-0.3, -0.25) is 4.68 Å². The van der Waals surface area contributed by atoms with Crippen molar-refractivity contribution in [1.82, 2.24) is 9.78 Å². The number of nitriles is 1. The third kappa shape index (κ3) is 3.42. The summed E-state index contributed by atoms with van der Waals surface area (Å²) in [4.78, 5) is 12.6. The smallest absolute Gasteiger partial charge is 0.338 e. The van der Waals surface area contributed by atoms with E-state index >= 15 is 0 Å². The summed E-state index contributed by atoms with van der Waals surface area (Å²) in [7, 11) is 1.84. The van der Waals surface area contributed by atoms with Gasteiger partial charge < -0.3 is 15.2 Å². The minimum atomic E-state index is -0.661. The molecule has 0 amide bonds. The zero-order valence-electron chi connectivity index (χ0n) is 15.4. The van der Waals surface area contributed by atoms with Gasteiger partial charge in [0.15, 0.2) is 0 Å². The molecule has 1 aliphatic rings. The van der Waals surface area contributed by atoms with Crippen LogP contribution in [0.3, 0.4) is 0 Å². The number of rotatable bonds is 4. The average molecular weight is 364 g/mol. The highest BCUT2D eigenvalue weighted by Crippen LogP contribution is 2.40. The van der Waals surface area contributed by atoms with Gasteiger partial charge in [0, 0.05) is 18.8 Å². The molecule has 1 aromatic carbocycles. The molecule has 0 bridgehead atoms. The van der Waals surface area contributed by atoms with Crippen LogP contribution in [0.1, 0.15) is 25.3 Å². The van der Waals surface area contributed by atoms with Crippen LogP contribution in [0.5, 0.6) is 0 Å². The Labute approximate surface area is 157 Å². The Morgan fingerprint density at radius 3 is 2.85 bits per heavy atom. The molecule has 2 heterocycles. The normalized spacial score (nSPS) is 16.7. The lowest BCUT2D eigenvalue weighted by molar-refractivity contribution is -0.139. The van der Waals surface area contributed by atoms with Crippen molar-refractivity contribution < 1.29 is 14.3 Å². The Bertz CT molecular complexity index is 995. The molecule has 27 heavy (non-hydrogen) atoms. The first-order valence-electron chi connectivity index (χ1n) is 8.51. The standard InChI is InChI=1S/C20H20N4O3/c1-4-26-20(25)17-12(2)27-19(22)15(11-21)18(17)14-7-5-6-13(10-14)16-8-9-24(3)23-16/h5-10,18H,4,22H2,1-3H3. The van der Waals surface area contributed by atoms with Gasteiger partial charge in [-0.1, -0.05) is 18.2 Å². The van der Waals surface area contributed by atoms with Crippen LogP contribution in [0.4, 0.5) is 0 Å². The van der Waals surface area contributed by atoms with Crippen molar-refractivity contribution in [3.8, 4) is 17.3 Å². The van der Waals surface area contributed by atoms with E-state index in [-0.39, 0.29) is 23.6 Å². The van der Waals surface area contributed by atoms with E-state index in [2.05, 4.69) is 11.2 Å². The number of carbonyl (C=O) groups is 1. The van der Waals surface area contributed by atoms with Crippen LogP contribution in [-0.2, 0) is 21.3 Å². The molecule has 1 atom stereocenters. The number of allylic oxidation sites excluding steroid dienone is 2. The molecule has 0 aliphatic carbocycles. The largest absolute Gasteiger partial charge is 0.463 e. The molecule has 7 nitrogen and oxygen atoms in total. The van der Waals surface area contributed by atoms with E-state index in [9.17, 15) is 10.1 Å². The Hall–Kier alpha value is -3.53. The first-order valence-corrected chi connectivity index (χ1v) is 8.51. The van der Waals surface area contributed by atoms with E-state index in [1.807, 2.05) is 43.6 Å². The quantitative estimate of drug-likeness (QED) is 0.837. The molecule has 2 N–H and O–H groups in total. The van der Waals surface area contributed by atoms with Gasteiger partial charge in [0.2, 0.25) is 5.88 Å². The highest BCUT2D eigenvalue weighted by Gasteiger charge is 2.36. The molecule has 0 radical (unpaired) electrons. The molecule has 0 saturated carbocycles. The summed E-state index contributed by atoms with van der Waals surface area (Å²) >= 11 is 0. The van der Waals surface area contributed by atoms with Crippen LogP contribution in [-0.4, -0.2) is 22.4 Å². The van der Waals surface area contributed by atoms with E-state index in [1.165, 1.54) is 0 Å². The SMILES string of the molecule is CCOC(=O)C1=C(C)OC(N)=C(C#N)C1c1cccc(-c2ccn(C)n2)c1. The molecule has 2 aromatic rings. The fourth-order valence-electron chi connectivity index (χ4n) is 3.13. The van der Waals surface area contributed by atoms with Gasteiger partial charge in [0.25, 0.3) is 0 Å². The van der Waals surface area contributed by atoms with Gasteiger partial charge in [-0.2, -0.15) is 10.4 Å². The summed E-state index contributed by atoms with van der Waals surface area (Å²) in [5.74, 6) is -0.857. The van der Waals surface area contributed by atoms with Gasteiger partial charge in [-0.05, 0) is 31.5 Å². The number of nitrogens with zero attached hydrogens (tertiary/aromatic N) is 3. The number of aryl methyl sites for hydroxylation is 1. The predicted octanol–water partition coefficient (Wildman–Crippen LogP) is 2.73. The van der Waals surface area contributed by atoms with Gasteiger partial charge in [-0.25, -0.2) is 4.79 Å². The number of hydrogen-bond donors (Lipinski definition) is 1. The first-order chi connectivity index (χ1) is 13.0. The topological polar surface area (TPSA) is 103 Å². The zero-order valence-corrected chi connectivity index (χ0v) is 15.4. The number of hydrogen-bond acceptors (Lipinski definition) is 6. The zero-order chi connectivity index (χ0) is 19.6. The summed E-state index contributed by atoms with van der Waals surface area (Å²) in [5, 5.41) is 14.0. The van der Waals surface area contributed by atoms with Crippen molar-refractivity contribution in [2.24, 2.45) is 12.8 Å². The molecular formula is C20H20N4O3. The van der Waals surface area contributed by atoms with E-state index in [1.54, 1.807) is 18.5 Å². The van der Waals surface area contributed by atoms with Crippen molar-refractivity contribution in [3.63, 3.8) is 0 Å². The highest BCUT2D eigenvalue weighted by atomic mass is 16.5. The summed E-state index contributed by atoms with van der Waals surface area (Å²) in [6.07, 6.45) is 1.85. The summed E-state index contributed by atoms with van der Waals surface area (Å²) in [5.41, 5.74) is 8.79. The Balaban J connectivity index is 2.14. The molecule has 0 fully saturated rings. The monoisotopic (exact) mass is 364 g/mol. The Morgan fingerprint density at radius 2 is 2.22 bits per heavy atom.